The first-order valence-electron chi connectivity index (χ1n) is 10.2. The lowest BCUT2D eigenvalue weighted by atomic mass is 10.0. The molecule has 1 unspecified atom stereocenters. The predicted octanol–water partition coefficient (Wildman–Crippen LogP) is 4.10. The van der Waals surface area contributed by atoms with Crippen molar-refractivity contribution >= 4 is 24.1 Å². The van der Waals surface area contributed by atoms with Crippen LogP contribution in [0.5, 0.6) is 5.75 Å². The smallest absolute Gasteiger partial charge is 0.471 e. The molecule has 0 N–H and O–H groups in total. The van der Waals surface area contributed by atoms with Gasteiger partial charge in [0.1, 0.15) is 5.75 Å². The number of likely N-dealkylation sites (tertiary alicyclic amines) is 2. The van der Waals surface area contributed by atoms with E-state index in [0.29, 0.717) is 29.7 Å². The molecule has 0 spiro atoms. The molecule has 1 aromatic rings. The first-order chi connectivity index (χ1) is 13.8. The number of ketones is 1. The van der Waals surface area contributed by atoms with E-state index in [1.54, 1.807) is 24.3 Å². The van der Waals surface area contributed by atoms with Crippen molar-refractivity contribution in [1.82, 2.24) is 9.80 Å². The van der Waals surface area contributed by atoms with Crippen LogP contribution in [-0.4, -0.2) is 66.0 Å². The Morgan fingerprint density at radius 1 is 1.10 bits per heavy atom. The monoisotopic (exact) mass is 448 g/mol. The average molecular weight is 449 g/mol. The third-order valence-electron chi connectivity index (χ3n) is 5.75. The van der Waals surface area contributed by atoms with Crippen LogP contribution in [0.4, 0.5) is 13.2 Å². The highest BCUT2D eigenvalue weighted by Crippen LogP contribution is 2.28. The first-order valence-corrected chi connectivity index (χ1v) is 10.2. The molecule has 2 fully saturated rings. The van der Waals surface area contributed by atoms with E-state index in [1.807, 2.05) is 0 Å². The second kappa shape index (κ2) is 10.5. The van der Waals surface area contributed by atoms with Gasteiger partial charge < -0.3 is 14.5 Å². The number of alkyl halides is 3. The molecule has 168 valence electrons. The predicted molar refractivity (Wildman–Crippen MR) is 109 cm³/mol. The van der Waals surface area contributed by atoms with Crippen LogP contribution in [0, 0.1) is 0 Å². The van der Waals surface area contributed by atoms with E-state index in [2.05, 4.69) is 11.8 Å². The zero-order valence-corrected chi connectivity index (χ0v) is 17.8. The van der Waals surface area contributed by atoms with Crippen molar-refractivity contribution < 1.29 is 27.5 Å². The maximum atomic E-state index is 12.7. The Labute approximate surface area is 180 Å². The quantitative estimate of drug-likeness (QED) is 0.465. The standard InChI is InChI=1S/C21H27F3N2O3.ClH/c1-15-5-2-11-25(15)12-4-14-29-17-9-7-16(8-10-17)19(27)18-6-3-13-26(18)20(28)21(22,23)24;/h7-10,15,18H,2-6,11-14H2,1H3;1H/t15-,18?;/m1./s1. The summed E-state index contributed by atoms with van der Waals surface area (Å²) in [7, 11) is 0. The molecule has 2 aliphatic heterocycles. The molecular weight excluding hydrogens is 421 g/mol. The molecule has 2 heterocycles. The third-order valence-corrected chi connectivity index (χ3v) is 5.75. The van der Waals surface area contributed by atoms with Crippen LogP contribution in [0.15, 0.2) is 24.3 Å². The van der Waals surface area contributed by atoms with Crippen molar-refractivity contribution in [3.63, 3.8) is 0 Å². The first kappa shape index (κ1) is 24.5. The van der Waals surface area contributed by atoms with Crippen LogP contribution in [0.25, 0.3) is 0 Å². The fourth-order valence-corrected chi connectivity index (χ4v) is 4.14. The molecule has 2 atom stereocenters. The lowest BCUT2D eigenvalue weighted by molar-refractivity contribution is -0.185. The Balaban J connectivity index is 0.00000320. The fourth-order valence-electron chi connectivity index (χ4n) is 4.14. The van der Waals surface area contributed by atoms with Crippen LogP contribution in [0.3, 0.4) is 0 Å². The minimum absolute atomic E-state index is 0. The van der Waals surface area contributed by atoms with Crippen molar-refractivity contribution in [2.75, 3.05) is 26.2 Å². The zero-order chi connectivity index (χ0) is 21.0. The number of rotatable bonds is 7. The van der Waals surface area contributed by atoms with Gasteiger partial charge in [-0.15, -0.1) is 12.4 Å². The van der Waals surface area contributed by atoms with Crippen molar-refractivity contribution in [3.8, 4) is 5.75 Å². The van der Waals surface area contributed by atoms with E-state index in [0.717, 1.165) is 19.5 Å². The summed E-state index contributed by atoms with van der Waals surface area (Å²) >= 11 is 0. The van der Waals surface area contributed by atoms with Crippen molar-refractivity contribution in [2.45, 2.75) is 57.3 Å². The number of amides is 1. The van der Waals surface area contributed by atoms with Crippen LogP contribution < -0.4 is 4.74 Å². The Hall–Kier alpha value is -1.80. The summed E-state index contributed by atoms with van der Waals surface area (Å²) in [5.41, 5.74) is 0.287. The Bertz CT molecular complexity index is 727. The molecule has 9 heteroatoms. The second-order valence-corrected chi connectivity index (χ2v) is 7.77. The summed E-state index contributed by atoms with van der Waals surface area (Å²) < 4.78 is 43.9. The van der Waals surface area contributed by atoms with E-state index in [9.17, 15) is 22.8 Å². The van der Waals surface area contributed by atoms with Gasteiger partial charge in [-0.05, 0) is 69.8 Å². The van der Waals surface area contributed by atoms with E-state index in [1.165, 1.54) is 12.8 Å². The molecule has 0 bridgehead atoms. The molecule has 30 heavy (non-hydrogen) atoms. The molecule has 3 rings (SSSR count). The van der Waals surface area contributed by atoms with Crippen LogP contribution in [0.2, 0.25) is 0 Å². The van der Waals surface area contributed by atoms with E-state index in [-0.39, 0.29) is 30.9 Å². The molecule has 0 aliphatic carbocycles. The summed E-state index contributed by atoms with van der Waals surface area (Å²) in [6.45, 7) is 4.87. The van der Waals surface area contributed by atoms with Crippen molar-refractivity contribution in [3.05, 3.63) is 29.8 Å². The Morgan fingerprint density at radius 3 is 2.37 bits per heavy atom. The normalized spacial score (nSPS) is 22.1. The number of ether oxygens (including phenoxy) is 1. The summed E-state index contributed by atoms with van der Waals surface area (Å²) in [6, 6.07) is 5.97. The van der Waals surface area contributed by atoms with Crippen LogP contribution in [-0.2, 0) is 4.79 Å². The number of Topliss-reactive ketones (excluding diaryl/α,β-unsaturated/α-hetero) is 1. The summed E-state index contributed by atoms with van der Waals surface area (Å²) in [4.78, 5) is 27.3. The van der Waals surface area contributed by atoms with Crippen LogP contribution >= 0.6 is 12.4 Å². The minimum Gasteiger partial charge on any atom is -0.494 e. The van der Waals surface area contributed by atoms with Gasteiger partial charge in [-0.1, -0.05) is 0 Å². The fraction of sp³-hybridized carbons (Fsp3) is 0.619. The SMILES string of the molecule is C[C@@H]1CCCN1CCCOc1ccc(C(=O)C2CCCN2C(=O)C(F)(F)F)cc1.Cl. The molecule has 1 amide bonds. The molecule has 5 nitrogen and oxygen atoms in total. The number of hydrogen-bond acceptors (Lipinski definition) is 4. The van der Waals surface area contributed by atoms with Crippen molar-refractivity contribution in [1.29, 1.82) is 0 Å². The molecule has 2 saturated heterocycles. The average Bonchev–Trinajstić information content (AvgIpc) is 3.33. The van der Waals surface area contributed by atoms with Gasteiger partial charge in [0.15, 0.2) is 5.78 Å². The van der Waals surface area contributed by atoms with Crippen LogP contribution in [0.1, 0.15) is 49.4 Å². The molecular formula is C21H28ClF3N2O3. The number of carbonyl (C=O) groups is 2. The number of carbonyl (C=O) groups excluding carboxylic acids is 2. The van der Waals surface area contributed by atoms with Gasteiger partial charge in [0.05, 0.1) is 12.6 Å². The zero-order valence-electron chi connectivity index (χ0n) is 17.0. The topological polar surface area (TPSA) is 49.9 Å². The van der Waals surface area contributed by atoms with E-state index in [4.69, 9.17) is 4.74 Å². The number of nitrogens with zero attached hydrogens (tertiary/aromatic N) is 2. The molecule has 1 aromatic carbocycles. The van der Waals surface area contributed by atoms with Gasteiger partial charge in [-0.2, -0.15) is 13.2 Å². The highest BCUT2D eigenvalue weighted by atomic mass is 35.5. The van der Waals surface area contributed by atoms with Crippen molar-refractivity contribution in [2.24, 2.45) is 0 Å². The lowest BCUT2D eigenvalue weighted by Gasteiger charge is -2.24. The van der Waals surface area contributed by atoms with Gasteiger partial charge in [0.2, 0.25) is 0 Å². The summed E-state index contributed by atoms with van der Waals surface area (Å²) in [5.74, 6) is -1.79. The number of hydrogen-bond donors (Lipinski definition) is 0. The molecule has 0 aromatic heterocycles. The van der Waals surface area contributed by atoms with Gasteiger partial charge in [0, 0.05) is 24.7 Å². The maximum Gasteiger partial charge on any atom is 0.471 e. The van der Waals surface area contributed by atoms with E-state index >= 15 is 0 Å². The minimum atomic E-state index is -4.96. The Kier molecular flexibility index (Phi) is 8.55. The number of benzene rings is 1. The van der Waals surface area contributed by atoms with E-state index < -0.39 is 23.9 Å². The number of halogens is 4. The van der Waals surface area contributed by atoms with Gasteiger partial charge >= 0.3 is 12.1 Å². The molecule has 0 saturated carbocycles. The third kappa shape index (κ3) is 5.88. The highest BCUT2D eigenvalue weighted by molar-refractivity contribution is 6.02. The summed E-state index contributed by atoms with van der Waals surface area (Å²) in [5, 5.41) is 0. The maximum absolute atomic E-state index is 12.7. The largest absolute Gasteiger partial charge is 0.494 e. The molecule has 2 aliphatic rings. The second-order valence-electron chi connectivity index (χ2n) is 7.77. The Morgan fingerprint density at radius 2 is 1.77 bits per heavy atom. The van der Waals surface area contributed by atoms with Gasteiger partial charge in [0.25, 0.3) is 0 Å². The van der Waals surface area contributed by atoms with Gasteiger partial charge in [-0.3, -0.25) is 9.59 Å². The highest BCUT2D eigenvalue weighted by Gasteiger charge is 2.47. The molecule has 0 radical (unpaired) electrons. The summed E-state index contributed by atoms with van der Waals surface area (Å²) in [6.07, 6.45) is -0.953. The lowest BCUT2D eigenvalue weighted by Crippen LogP contribution is -2.46. The van der Waals surface area contributed by atoms with Gasteiger partial charge in [-0.25, -0.2) is 0 Å².